The lowest BCUT2D eigenvalue weighted by molar-refractivity contribution is -0.274. The zero-order chi connectivity index (χ0) is 17.2. The van der Waals surface area contributed by atoms with E-state index in [2.05, 4.69) is 15.2 Å². The van der Waals surface area contributed by atoms with E-state index in [0.29, 0.717) is 11.3 Å². The fourth-order valence-electron chi connectivity index (χ4n) is 2.14. The van der Waals surface area contributed by atoms with Gasteiger partial charge in [0, 0.05) is 7.05 Å². The summed E-state index contributed by atoms with van der Waals surface area (Å²) in [6, 6.07) is 6.64. The van der Waals surface area contributed by atoms with Crippen molar-refractivity contribution in [3.05, 3.63) is 47.3 Å². The molecule has 1 amide bonds. The Kier molecular flexibility index (Phi) is 4.63. The fourth-order valence-corrected chi connectivity index (χ4v) is 2.14. The van der Waals surface area contributed by atoms with Crippen molar-refractivity contribution in [2.24, 2.45) is 7.05 Å². The molecular formula is C15H16F3N3O2. The van der Waals surface area contributed by atoms with Crippen molar-refractivity contribution in [1.82, 2.24) is 15.1 Å². The summed E-state index contributed by atoms with van der Waals surface area (Å²) in [6.07, 6.45) is -4.72. The van der Waals surface area contributed by atoms with Crippen molar-refractivity contribution >= 4 is 5.91 Å². The first-order chi connectivity index (χ1) is 10.7. The van der Waals surface area contributed by atoms with Crippen LogP contribution in [0.3, 0.4) is 0 Å². The monoisotopic (exact) mass is 327 g/mol. The summed E-state index contributed by atoms with van der Waals surface area (Å²) in [4.78, 5) is 12.2. The van der Waals surface area contributed by atoms with Gasteiger partial charge in [-0.3, -0.25) is 9.48 Å². The van der Waals surface area contributed by atoms with Crippen molar-refractivity contribution in [3.8, 4) is 5.75 Å². The predicted octanol–water partition coefficient (Wildman–Crippen LogP) is 3.12. The zero-order valence-electron chi connectivity index (χ0n) is 12.8. The highest BCUT2D eigenvalue weighted by Gasteiger charge is 2.31. The summed E-state index contributed by atoms with van der Waals surface area (Å²) >= 11 is 0. The first kappa shape index (κ1) is 16.9. The largest absolute Gasteiger partial charge is 0.573 e. The van der Waals surface area contributed by atoms with Crippen molar-refractivity contribution < 1.29 is 22.7 Å². The highest BCUT2D eigenvalue weighted by molar-refractivity contribution is 5.92. The quantitative estimate of drug-likeness (QED) is 0.939. The number of rotatable bonds is 4. The van der Waals surface area contributed by atoms with Gasteiger partial charge in [0.2, 0.25) is 0 Å². The Balaban J connectivity index is 2.04. The Morgan fingerprint density at radius 1 is 1.30 bits per heavy atom. The average Bonchev–Trinajstić information content (AvgIpc) is 2.76. The molecule has 1 N–H and O–H groups in total. The number of nitrogens with one attached hydrogen (secondary N) is 1. The topological polar surface area (TPSA) is 56.1 Å². The van der Waals surface area contributed by atoms with E-state index in [0.717, 1.165) is 5.69 Å². The summed E-state index contributed by atoms with van der Waals surface area (Å²) in [5.74, 6) is -0.613. The number of carbonyl (C=O) groups excluding carboxylic acids is 1. The van der Waals surface area contributed by atoms with E-state index in [1.807, 2.05) is 0 Å². The van der Waals surface area contributed by atoms with Crippen molar-refractivity contribution in [2.45, 2.75) is 26.3 Å². The van der Waals surface area contributed by atoms with E-state index in [4.69, 9.17) is 0 Å². The number of halogens is 3. The molecule has 5 nitrogen and oxygen atoms in total. The minimum Gasteiger partial charge on any atom is -0.406 e. The van der Waals surface area contributed by atoms with Gasteiger partial charge in [-0.2, -0.15) is 5.10 Å². The lowest BCUT2D eigenvalue weighted by Gasteiger charge is -2.15. The maximum absolute atomic E-state index is 12.2. The van der Waals surface area contributed by atoms with Crippen molar-refractivity contribution in [2.75, 3.05) is 0 Å². The molecule has 0 aliphatic rings. The van der Waals surface area contributed by atoms with Crippen LogP contribution in [-0.4, -0.2) is 22.1 Å². The van der Waals surface area contributed by atoms with Gasteiger partial charge in [-0.25, -0.2) is 0 Å². The third kappa shape index (κ3) is 4.48. The van der Waals surface area contributed by atoms with Crippen molar-refractivity contribution in [3.63, 3.8) is 0 Å². The number of hydrogen-bond acceptors (Lipinski definition) is 3. The van der Waals surface area contributed by atoms with Crippen LogP contribution < -0.4 is 10.1 Å². The number of benzene rings is 1. The number of ether oxygens (including phenoxy) is 1. The Morgan fingerprint density at radius 2 is 1.91 bits per heavy atom. The van der Waals surface area contributed by atoms with Crippen LogP contribution in [0.25, 0.3) is 0 Å². The van der Waals surface area contributed by atoms with Crippen LogP contribution in [0.15, 0.2) is 30.3 Å². The predicted molar refractivity (Wildman–Crippen MR) is 77.0 cm³/mol. The normalized spacial score (nSPS) is 12.8. The summed E-state index contributed by atoms with van der Waals surface area (Å²) in [7, 11) is 1.66. The van der Waals surface area contributed by atoms with Gasteiger partial charge in [0.1, 0.15) is 11.4 Å². The third-order valence-electron chi connectivity index (χ3n) is 3.20. The van der Waals surface area contributed by atoms with Gasteiger partial charge in [0.05, 0.1) is 11.7 Å². The van der Waals surface area contributed by atoms with E-state index < -0.39 is 6.36 Å². The van der Waals surface area contributed by atoms with Crippen LogP contribution >= 0.6 is 0 Å². The van der Waals surface area contributed by atoms with Gasteiger partial charge in [0.15, 0.2) is 0 Å². The molecule has 0 radical (unpaired) electrons. The average molecular weight is 327 g/mol. The molecule has 0 aliphatic heterocycles. The van der Waals surface area contributed by atoms with E-state index in [1.54, 1.807) is 27.0 Å². The van der Waals surface area contributed by atoms with E-state index >= 15 is 0 Å². The molecule has 0 spiro atoms. The van der Waals surface area contributed by atoms with Gasteiger partial charge >= 0.3 is 6.36 Å². The van der Waals surface area contributed by atoms with Gasteiger partial charge in [-0.1, -0.05) is 12.1 Å². The smallest absolute Gasteiger partial charge is 0.406 e. The molecule has 0 fully saturated rings. The maximum atomic E-state index is 12.2. The third-order valence-corrected chi connectivity index (χ3v) is 3.20. The molecule has 23 heavy (non-hydrogen) atoms. The molecule has 0 aliphatic carbocycles. The summed E-state index contributed by atoms with van der Waals surface area (Å²) in [5, 5.41) is 6.86. The molecule has 1 atom stereocenters. The minimum atomic E-state index is -4.72. The number of carbonyl (C=O) groups is 1. The number of hydrogen-bond donors (Lipinski definition) is 1. The van der Waals surface area contributed by atoms with E-state index in [1.165, 1.54) is 28.9 Å². The van der Waals surface area contributed by atoms with Gasteiger partial charge in [-0.05, 0) is 37.6 Å². The van der Waals surface area contributed by atoms with Gasteiger partial charge in [0.25, 0.3) is 5.91 Å². The van der Waals surface area contributed by atoms with Crippen LogP contribution in [0.1, 0.15) is 34.7 Å². The highest BCUT2D eigenvalue weighted by Crippen LogP contribution is 2.24. The number of aryl methyl sites for hydroxylation is 2. The second kappa shape index (κ2) is 6.31. The molecule has 0 saturated carbocycles. The van der Waals surface area contributed by atoms with Crippen molar-refractivity contribution in [1.29, 1.82) is 0 Å². The van der Waals surface area contributed by atoms with Crippen LogP contribution in [0, 0.1) is 6.92 Å². The molecule has 2 rings (SSSR count). The van der Waals surface area contributed by atoms with Crippen LogP contribution in [0.4, 0.5) is 13.2 Å². The Hall–Kier alpha value is -2.51. The molecule has 0 saturated heterocycles. The number of nitrogens with zero attached hydrogens (tertiary/aromatic N) is 2. The van der Waals surface area contributed by atoms with Crippen LogP contribution in [0.5, 0.6) is 5.75 Å². The maximum Gasteiger partial charge on any atom is 0.573 e. The molecule has 124 valence electrons. The number of amides is 1. The minimum absolute atomic E-state index is 0.304. The molecule has 1 unspecified atom stereocenters. The molecule has 1 heterocycles. The standard InChI is InChI=1S/C15H16F3N3O2/c1-9-8-13(21(3)20-9)14(22)19-10(2)11-4-6-12(7-5-11)23-15(16,17)18/h4-8,10H,1-3H3,(H,19,22). The molecule has 8 heteroatoms. The first-order valence-electron chi connectivity index (χ1n) is 6.83. The SMILES string of the molecule is Cc1cc(C(=O)NC(C)c2ccc(OC(F)(F)F)cc2)n(C)n1. The van der Waals surface area contributed by atoms with E-state index in [9.17, 15) is 18.0 Å². The lowest BCUT2D eigenvalue weighted by Crippen LogP contribution is -2.28. The van der Waals surface area contributed by atoms with E-state index in [-0.39, 0.29) is 17.7 Å². The van der Waals surface area contributed by atoms with Gasteiger partial charge in [-0.15, -0.1) is 13.2 Å². The Bertz CT molecular complexity index is 693. The molecule has 0 bridgehead atoms. The molecule has 1 aromatic heterocycles. The van der Waals surface area contributed by atoms with Gasteiger partial charge < -0.3 is 10.1 Å². The van der Waals surface area contributed by atoms with Crippen LogP contribution in [-0.2, 0) is 7.05 Å². The Labute approximate surface area is 131 Å². The second-order valence-electron chi connectivity index (χ2n) is 5.11. The van der Waals surface area contributed by atoms with Crippen LogP contribution in [0.2, 0.25) is 0 Å². The summed E-state index contributed by atoms with van der Waals surface area (Å²) in [5.41, 5.74) is 1.79. The zero-order valence-corrected chi connectivity index (χ0v) is 12.8. The summed E-state index contributed by atoms with van der Waals surface area (Å²) < 4.78 is 41.6. The summed E-state index contributed by atoms with van der Waals surface area (Å²) in [6.45, 7) is 3.51. The number of aromatic nitrogens is 2. The Morgan fingerprint density at radius 3 is 2.39 bits per heavy atom. The molecule has 1 aromatic carbocycles. The first-order valence-corrected chi connectivity index (χ1v) is 6.83. The number of alkyl halides is 3. The fraction of sp³-hybridized carbons (Fsp3) is 0.333. The second-order valence-corrected chi connectivity index (χ2v) is 5.11. The lowest BCUT2D eigenvalue weighted by atomic mass is 10.1. The highest BCUT2D eigenvalue weighted by atomic mass is 19.4. The molecular weight excluding hydrogens is 311 g/mol. The molecule has 2 aromatic rings.